The predicted molar refractivity (Wildman–Crippen MR) is 83.1 cm³/mol. The van der Waals surface area contributed by atoms with Crippen LogP contribution in [0.4, 0.5) is 0 Å². The highest BCUT2D eigenvalue weighted by Crippen LogP contribution is 2.31. The van der Waals surface area contributed by atoms with E-state index in [0.717, 1.165) is 52.8 Å². The van der Waals surface area contributed by atoms with Crippen LogP contribution in [0.3, 0.4) is 0 Å². The first-order chi connectivity index (χ1) is 9.63. The maximum Gasteiger partial charge on any atom is 0.147 e. The topological polar surface area (TPSA) is 38.3 Å². The molecule has 20 heavy (non-hydrogen) atoms. The maximum atomic E-state index is 6.21. The third-order valence-corrected chi connectivity index (χ3v) is 4.28. The summed E-state index contributed by atoms with van der Waals surface area (Å²) in [5, 5.41) is 1.05. The summed E-state index contributed by atoms with van der Waals surface area (Å²) >= 11 is 3.55. The number of ether oxygens (including phenoxy) is 1. The van der Waals surface area contributed by atoms with E-state index in [-0.39, 0.29) is 6.10 Å². The summed E-state index contributed by atoms with van der Waals surface area (Å²) in [6.07, 6.45) is 4.01. The molecule has 4 nitrogen and oxygen atoms in total. The van der Waals surface area contributed by atoms with Crippen molar-refractivity contribution >= 4 is 26.8 Å². The molecule has 0 aliphatic carbocycles. The lowest BCUT2D eigenvalue weighted by molar-refractivity contribution is 0.115. The van der Waals surface area contributed by atoms with Crippen LogP contribution in [0.15, 0.2) is 22.9 Å². The summed E-state index contributed by atoms with van der Waals surface area (Å²) in [6.45, 7) is 4.17. The third kappa shape index (κ3) is 2.79. The molecule has 0 atom stereocenters. The minimum absolute atomic E-state index is 0.277. The van der Waals surface area contributed by atoms with Crippen molar-refractivity contribution in [1.29, 1.82) is 0 Å². The lowest BCUT2D eigenvalue weighted by atomic mass is 10.1. The lowest BCUT2D eigenvalue weighted by Crippen LogP contribution is -2.35. The Morgan fingerprint density at radius 2 is 2.00 bits per heavy atom. The molecule has 0 radical (unpaired) electrons. The van der Waals surface area contributed by atoms with Crippen LogP contribution in [0.1, 0.15) is 18.5 Å². The van der Waals surface area contributed by atoms with Crippen molar-refractivity contribution in [2.24, 2.45) is 0 Å². The number of piperidine rings is 1. The number of aryl methyl sites for hydroxylation is 1. The molecule has 3 rings (SSSR count). The fourth-order valence-electron chi connectivity index (χ4n) is 2.60. The quantitative estimate of drug-likeness (QED) is 0.844. The van der Waals surface area contributed by atoms with Crippen molar-refractivity contribution in [3.8, 4) is 5.75 Å². The second-order valence-corrected chi connectivity index (χ2v) is 6.30. The Morgan fingerprint density at radius 3 is 2.75 bits per heavy atom. The zero-order chi connectivity index (χ0) is 14.1. The van der Waals surface area contributed by atoms with Gasteiger partial charge in [0.25, 0.3) is 0 Å². The van der Waals surface area contributed by atoms with Gasteiger partial charge in [-0.15, -0.1) is 0 Å². The van der Waals surface area contributed by atoms with Gasteiger partial charge in [-0.3, -0.25) is 0 Å². The Labute approximate surface area is 127 Å². The molecule has 0 unspecified atom stereocenters. The van der Waals surface area contributed by atoms with Crippen molar-refractivity contribution in [3.05, 3.63) is 28.6 Å². The molecule has 2 heterocycles. The number of likely N-dealkylation sites (tertiary alicyclic amines) is 1. The zero-order valence-electron chi connectivity index (χ0n) is 11.8. The number of rotatable bonds is 2. The number of aromatic nitrogens is 2. The fraction of sp³-hybridized carbons (Fsp3) is 0.467. The highest BCUT2D eigenvalue weighted by atomic mass is 79.9. The fourth-order valence-corrected chi connectivity index (χ4v) is 3.03. The van der Waals surface area contributed by atoms with E-state index >= 15 is 0 Å². The first kappa shape index (κ1) is 13.8. The van der Waals surface area contributed by atoms with Crippen LogP contribution in [0.25, 0.3) is 10.9 Å². The number of fused-ring (bicyclic) bond motifs is 1. The minimum atomic E-state index is 0.277. The van der Waals surface area contributed by atoms with Gasteiger partial charge >= 0.3 is 0 Å². The number of hydrogen-bond acceptors (Lipinski definition) is 4. The summed E-state index contributed by atoms with van der Waals surface area (Å²) in [5.74, 6) is 0.856. The van der Waals surface area contributed by atoms with Crippen molar-refractivity contribution in [2.45, 2.75) is 25.9 Å². The van der Waals surface area contributed by atoms with E-state index in [0.29, 0.717) is 0 Å². The van der Waals surface area contributed by atoms with Crippen molar-refractivity contribution in [2.75, 3.05) is 20.1 Å². The van der Waals surface area contributed by atoms with Gasteiger partial charge in [0.1, 0.15) is 23.7 Å². The van der Waals surface area contributed by atoms with Gasteiger partial charge in [-0.2, -0.15) is 0 Å². The Kier molecular flexibility index (Phi) is 3.89. The molecular weight excluding hydrogens is 318 g/mol. The second kappa shape index (κ2) is 5.66. The van der Waals surface area contributed by atoms with Crippen LogP contribution in [-0.4, -0.2) is 41.1 Å². The van der Waals surface area contributed by atoms with Gasteiger partial charge in [0.05, 0.1) is 0 Å². The molecule has 2 aromatic rings. The van der Waals surface area contributed by atoms with Crippen molar-refractivity contribution in [3.63, 3.8) is 0 Å². The summed E-state index contributed by atoms with van der Waals surface area (Å²) in [5.41, 5.74) is 1.88. The molecule has 5 heteroatoms. The van der Waals surface area contributed by atoms with E-state index in [1.807, 2.05) is 19.1 Å². The van der Waals surface area contributed by atoms with Gasteiger partial charge in [-0.25, -0.2) is 9.97 Å². The van der Waals surface area contributed by atoms with Crippen molar-refractivity contribution < 1.29 is 4.74 Å². The first-order valence-electron chi connectivity index (χ1n) is 6.89. The Bertz CT molecular complexity index is 624. The molecule has 0 bridgehead atoms. The van der Waals surface area contributed by atoms with Crippen LogP contribution in [-0.2, 0) is 0 Å². The molecule has 106 valence electrons. The number of benzene rings is 1. The predicted octanol–water partition coefficient (Wildman–Crippen LogP) is 3.17. The van der Waals surface area contributed by atoms with E-state index in [4.69, 9.17) is 4.74 Å². The highest BCUT2D eigenvalue weighted by Gasteiger charge is 2.19. The van der Waals surface area contributed by atoms with Gasteiger partial charge in [0, 0.05) is 28.6 Å². The Morgan fingerprint density at radius 1 is 1.25 bits per heavy atom. The molecule has 0 spiro atoms. The molecule has 1 aromatic heterocycles. The zero-order valence-corrected chi connectivity index (χ0v) is 13.4. The van der Waals surface area contributed by atoms with Crippen molar-refractivity contribution in [1.82, 2.24) is 14.9 Å². The van der Waals surface area contributed by atoms with Crippen LogP contribution in [0.5, 0.6) is 5.75 Å². The van der Waals surface area contributed by atoms with E-state index < -0.39 is 0 Å². The molecular formula is C15H18BrN3O. The molecule has 1 aliphatic rings. The van der Waals surface area contributed by atoms with E-state index in [2.05, 4.69) is 37.8 Å². The van der Waals surface area contributed by atoms with Crippen LogP contribution >= 0.6 is 15.9 Å². The van der Waals surface area contributed by atoms with Crippen LogP contribution in [0.2, 0.25) is 0 Å². The maximum absolute atomic E-state index is 6.21. The van der Waals surface area contributed by atoms with E-state index in [1.165, 1.54) is 0 Å². The van der Waals surface area contributed by atoms with Gasteiger partial charge in [0.15, 0.2) is 0 Å². The smallest absolute Gasteiger partial charge is 0.147 e. The lowest BCUT2D eigenvalue weighted by Gasteiger charge is -2.29. The molecule has 0 amide bonds. The van der Waals surface area contributed by atoms with Gasteiger partial charge in [0.2, 0.25) is 0 Å². The standard InChI is InChI=1S/C15H18BrN3O/c1-10-13-7-11(16)8-14(15(13)18-9-17-10)20-12-3-5-19(2)6-4-12/h7-9,12H,3-6H2,1-2H3. The third-order valence-electron chi connectivity index (χ3n) is 3.83. The highest BCUT2D eigenvalue weighted by molar-refractivity contribution is 9.10. The average molecular weight is 336 g/mol. The minimum Gasteiger partial charge on any atom is -0.488 e. The van der Waals surface area contributed by atoms with Crippen LogP contribution in [0, 0.1) is 6.92 Å². The number of halogens is 1. The van der Waals surface area contributed by atoms with Gasteiger partial charge < -0.3 is 9.64 Å². The summed E-state index contributed by atoms with van der Waals surface area (Å²) in [7, 11) is 2.15. The van der Waals surface area contributed by atoms with Gasteiger partial charge in [-0.1, -0.05) is 15.9 Å². The average Bonchev–Trinajstić information content (AvgIpc) is 2.42. The first-order valence-corrected chi connectivity index (χ1v) is 7.69. The molecule has 1 aliphatic heterocycles. The number of hydrogen-bond donors (Lipinski definition) is 0. The normalized spacial score (nSPS) is 17.6. The molecule has 0 N–H and O–H groups in total. The van der Waals surface area contributed by atoms with E-state index in [1.54, 1.807) is 6.33 Å². The second-order valence-electron chi connectivity index (χ2n) is 5.38. The van der Waals surface area contributed by atoms with E-state index in [9.17, 15) is 0 Å². The summed E-state index contributed by atoms with van der Waals surface area (Å²) in [6, 6.07) is 4.05. The monoisotopic (exact) mass is 335 g/mol. The van der Waals surface area contributed by atoms with Gasteiger partial charge in [-0.05, 0) is 38.9 Å². The number of nitrogens with zero attached hydrogens (tertiary/aromatic N) is 3. The Hall–Kier alpha value is -1.20. The Balaban J connectivity index is 1.93. The summed E-state index contributed by atoms with van der Waals surface area (Å²) in [4.78, 5) is 11.0. The molecule has 1 aromatic carbocycles. The van der Waals surface area contributed by atoms with Crippen LogP contribution < -0.4 is 4.74 Å². The SMILES string of the molecule is Cc1ncnc2c(OC3CCN(C)CC3)cc(Br)cc12. The molecule has 0 saturated carbocycles. The molecule has 1 fully saturated rings. The largest absolute Gasteiger partial charge is 0.488 e. The summed E-state index contributed by atoms with van der Waals surface area (Å²) < 4.78 is 7.21. The molecule has 1 saturated heterocycles.